The Bertz CT molecular complexity index is 1130. The largest absolute Gasteiger partial charge is 0.268 e. The van der Waals surface area contributed by atoms with Gasteiger partial charge in [0.2, 0.25) is 0 Å². The number of hydrogen-bond acceptors (Lipinski definition) is 5. The Kier molecular flexibility index (Phi) is 5.38. The highest BCUT2D eigenvalue weighted by molar-refractivity contribution is 7.98. The number of nitriles is 1. The highest BCUT2D eigenvalue weighted by Crippen LogP contribution is 2.32. The standard InChI is InChI=1S/C21H14ClN5S/c22-18-3-1-2-4-19(18)27-20(17-9-11-24-12-10-17)25-26-21(27)28-14-16-7-5-15(13-23)6-8-16/h1-12H,14H2. The third-order valence-electron chi connectivity index (χ3n) is 4.12. The molecule has 0 spiro atoms. The molecule has 0 saturated heterocycles. The van der Waals surface area contributed by atoms with Crippen LogP contribution in [0.4, 0.5) is 0 Å². The van der Waals surface area contributed by atoms with Gasteiger partial charge in [-0.25, -0.2) is 0 Å². The number of halogens is 1. The zero-order valence-corrected chi connectivity index (χ0v) is 16.2. The Morgan fingerprint density at radius 1 is 0.964 bits per heavy atom. The molecule has 0 radical (unpaired) electrons. The molecule has 0 saturated carbocycles. The molecule has 7 heteroatoms. The second-order valence-corrected chi connectivity index (χ2v) is 7.28. The fraction of sp³-hybridized carbons (Fsp3) is 0.0476. The topological polar surface area (TPSA) is 67.4 Å². The molecule has 0 unspecified atom stereocenters. The molecule has 0 amide bonds. The predicted molar refractivity (Wildman–Crippen MR) is 110 cm³/mol. The number of hydrogen-bond donors (Lipinski definition) is 0. The molecule has 136 valence electrons. The number of nitrogens with zero attached hydrogens (tertiary/aromatic N) is 5. The quantitative estimate of drug-likeness (QED) is 0.431. The van der Waals surface area contributed by atoms with Gasteiger partial charge in [0.25, 0.3) is 0 Å². The second kappa shape index (κ2) is 8.26. The van der Waals surface area contributed by atoms with E-state index in [0.717, 1.165) is 22.0 Å². The molecule has 0 aliphatic carbocycles. The van der Waals surface area contributed by atoms with E-state index in [0.29, 0.717) is 22.2 Å². The van der Waals surface area contributed by atoms with Crippen LogP contribution in [0.5, 0.6) is 0 Å². The molecule has 5 nitrogen and oxygen atoms in total. The van der Waals surface area contributed by atoms with Crippen LogP contribution in [0.3, 0.4) is 0 Å². The van der Waals surface area contributed by atoms with Crippen LogP contribution in [0.15, 0.2) is 78.2 Å². The summed E-state index contributed by atoms with van der Waals surface area (Å²) >= 11 is 8.03. The van der Waals surface area contributed by atoms with Crippen molar-refractivity contribution in [1.29, 1.82) is 5.26 Å². The molecule has 0 bridgehead atoms. The monoisotopic (exact) mass is 403 g/mol. The summed E-state index contributed by atoms with van der Waals surface area (Å²) in [6, 6.07) is 21.1. The average Bonchev–Trinajstić information content (AvgIpc) is 3.17. The average molecular weight is 404 g/mol. The predicted octanol–water partition coefficient (Wildman–Crippen LogP) is 5.15. The first-order valence-electron chi connectivity index (χ1n) is 8.49. The van der Waals surface area contributed by atoms with Crippen LogP contribution < -0.4 is 0 Å². The van der Waals surface area contributed by atoms with Gasteiger partial charge >= 0.3 is 0 Å². The first-order chi connectivity index (χ1) is 13.8. The molecule has 2 aromatic carbocycles. The lowest BCUT2D eigenvalue weighted by Gasteiger charge is -2.12. The maximum atomic E-state index is 8.94. The lowest BCUT2D eigenvalue weighted by molar-refractivity contribution is 0.886. The minimum absolute atomic E-state index is 0.623. The van der Waals surface area contributed by atoms with Gasteiger partial charge in [0.05, 0.1) is 22.3 Å². The van der Waals surface area contributed by atoms with E-state index in [-0.39, 0.29) is 0 Å². The first kappa shape index (κ1) is 18.2. The Morgan fingerprint density at radius 3 is 2.43 bits per heavy atom. The van der Waals surface area contributed by atoms with Gasteiger partial charge in [0.15, 0.2) is 11.0 Å². The molecule has 0 aliphatic rings. The van der Waals surface area contributed by atoms with Crippen LogP contribution in [0.25, 0.3) is 17.1 Å². The summed E-state index contributed by atoms with van der Waals surface area (Å²) in [4.78, 5) is 4.08. The minimum atomic E-state index is 0.623. The number of thioether (sulfide) groups is 1. The van der Waals surface area contributed by atoms with Crippen molar-refractivity contribution in [3.63, 3.8) is 0 Å². The summed E-state index contributed by atoms with van der Waals surface area (Å²) in [7, 11) is 0. The summed E-state index contributed by atoms with van der Waals surface area (Å²) in [5, 5.41) is 19.1. The van der Waals surface area contributed by atoms with Gasteiger partial charge in [0, 0.05) is 23.7 Å². The van der Waals surface area contributed by atoms with Crippen molar-refractivity contribution in [3.8, 4) is 23.1 Å². The first-order valence-corrected chi connectivity index (χ1v) is 9.85. The molecule has 2 heterocycles. The van der Waals surface area contributed by atoms with Gasteiger partial charge in [0.1, 0.15) is 0 Å². The van der Waals surface area contributed by atoms with Crippen molar-refractivity contribution < 1.29 is 0 Å². The molecule has 4 aromatic rings. The maximum Gasteiger partial charge on any atom is 0.196 e. The van der Waals surface area contributed by atoms with Crippen molar-refractivity contribution in [2.24, 2.45) is 0 Å². The van der Waals surface area contributed by atoms with E-state index in [1.54, 1.807) is 24.2 Å². The van der Waals surface area contributed by atoms with Crippen molar-refractivity contribution in [2.45, 2.75) is 10.9 Å². The Hall–Kier alpha value is -3.14. The van der Waals surface area contributed by atoms with E-state index >= 15 is 0 Å². The molecule has 0 aliphatic heterocycles. The fourth-order valence-corrected chi connectivity index (χ4v) is 3.85. The molecule has 2 aromatic heterocycles. The van der Waals surface area contributed by atoms with E-state index < -0.39 is 0 Å². The zero-order chi connectivity index (χ0) is 19.3. The van der Waals surface area contributed by atoms with E-state index in [9.17, 15) is 0 Å². The molecule has 0 fully saturated rings. The van der Waals surface area contributed by atoms with E-state index in [1.807, 2.05) is 65.2 Å². The van der Waals surface area contributed by atoms with Crippen LogP contribution in [0.2, 0.25) is 5.02 Å². The molecular weight excluding hydrogens is 390 g/mol. The van der Waals surface area contributed by atoms with Gasteiger partial charge in [-0.05, 0) is 42.0 Å². The lowest BCUT2D eigenvalue weighted by atomic mass is 10.2. The number of pyridine rings is 1. The van der Waals surface area contributed by atoms with E-state index in [4.69, 9.17) is 16.9 Å². The Morgan fingerprint density at radius 2 is 1.71 bits per heavy atom. The lowest BCUT2D eigenvalue weighted by Crippen LogP contribution is -2.00. The smallest absolute Gasteiger partial charge is 0.196 e. The van der Waals surface area contributed by atoms with Crippen LogP contribution >= 0.6 is 23.4 Å². The fourth-order valence-electron chi connectivity index (χ4n) is 2.73. The van der Waals surface area contributed by atoms with Gasteiger partial charge < -0.3 is 0 Å². The zero-order valence-electron chi connectivity index (χ0n) is 14.7. The third kappa shape index (κ3) is 3.77. The molecule has 28 heavy (non-hydrogen) atoms. The van der Waals surface area contributed by atoms with Crippen molar-refractivity contribution in [3.05, 3.63) is 89.2 Å². The van der Waals surface area contributed by atoms with E-state index in [2.05, 4.69) is 21.3 Å². The molecule has 0 N–H and O–H groups in total. The van der Waals surface area contributed by atoms with Gasteiger partial charge in [-0.1, -0.05) is 47.6 Å². The van der Waals surface area contributed by atoms with Crippen LogP contribution in [-0.4, -0.2) is 19.7 Å². The van der Waals surface area contributed by atoms with Crippen molar-refractivity contribution in [2.75, 3.05) is 0 Å². The number of rotatable bonds is 5. The van der Waals surface area contributed by atoms with Crippen molar-refractivity contribution >= 4 is 23.4 Å². The minimum Gasteiger partial charge on any atom is -0.268 e. The van der Waals surface area contributed by atoms with Crippen LogP contribution in [0.1, 0.15) is 11.1 Å². The highest BCUT2D eigenvalue weighted by Gasteiger charge is 2.18. The summed E-state index contributed by atoms with van der Waals surface area (Å²) in [6.45, 7) is 0. The number of benzene rings is 2. The van der Waals surface area contributed by atoms with Crippen molar-refractivity contribution in [1.82, 2.24) is 19.7 Å². The van der Waals surface area contributed by atoms with Crippen LogP contribution in [-0.2, 0) is 5.75 Å². The third-order valence-corrected chi connectivity index (χ3v) is 5.44. The summed E-state index contributed by atoms with van der Waals surface area (Å²) in [5.74, 6) is 1.41. The SMILES string of the molecule is N#Cc1ccc(CSc2nnc(-c3ccncc3)n2-c2ccccc2Cl)cc1. The summed E-state index contributed by atoms with van der Waals surface area (Å²) < 4.78 is 1.96. The van der Waals surface area contributed by atoms with E-state index in [1.165, 1.54) is 0 Å². The Labute approximate surface area is 171 Å². The number of aromatic nitrogens is 4. The summed E-state index contributed by atoms with van der Waals surface area (Å²) in [5.41, 5.74) is 3.48. The second-order valence-electron chi connectivity index (χ2n) is 5.93. The van der Waals surface area contributed by atoms with Gasteiger partial charge in [-0.15, -0.1) is 10.2 Å². The maximum absolute atomic E-state index is 8.94. The molecule has 0 atom stereocenters. The van der Waals surface area contributed by atoms with Crippen LogP contribution in [0, 0.1) is 11.3 Å². The van der Waals surface area contributed by atoms with Gasteiger partial charge in [-0.3, -0.25) is 9.55 Å². The Balaban J connectivity index is 1.72. The highest BCUT2D eigenvalue weighted by atomic mass is 35.5. The van der Waals surface area contributed by atoms with Gasteiger partial charge in [-0.2, -0.15) is 5.26 Å². The summed E-state index contributed by atoms with van der Waals surface area (Å²) in [6.07, 6.45) is 3.45. The molecule has 4 rings (SSSR count). The normalized spacial score (nSPS) is 10.6. The number of para-hydroxylation sites is 1. The molecular formula is C21H14ClN5S.